The van der Waals surface area contributed by atoms with Crippen LogP contribution in [-0.4, -0.2) is 89.3 Å². The zero-order valence-corrected chi connectivity index (χ0v) is 26.1. The predicted molar refractivity (Wildman–Crippen MR) is 166 cm³/mol. The largest absolute Gasteiger partial charge is 0.394 e. The summed E-state index contributed by atoms with van der Waals surface area (Å²) in [5.41, 5.74) is 5.02. The summed E-state index contributed by atoms with van der Waals surface area (Å²) in [6.07, 6.45) is 1.47. The summed E-state index contributed by atoms with van der Waals surface area (Å²) < 4.78 is 27.4. The maximum absolute atomic E-state index is 13.7. The second-order valence-corrected chi connectivity index (χ2v) is 10.9. The Morgan fingerprint density at radius 2 is 1.73 bits per heavy atom. The topological polar surface area (TPSA) is 165 Å². The highest BCUT2D eigenvalue weighted by atomic mass is 31.1. The molecule has 45 heavy (non-hydrogen) atoms. The molecule has 1 aliphatic heterocycles. The van der Waals surface area contributed by atoms with Gasteiger partial charge in [-0.2, -0.15) is 0 Å². The molecule has 0 bridgehead atoms. The summed E-state index contributed by atoms with van der Waals surface area (Å²) >= 11 is 0. The number of aliphatic hydroxyl groups is 2. The van der Waals surface area contributed by atoms with Crippen LogP contribution >= 0.6 is 8.69 Å². The Labute approximate surface area is 263 Å². The number of hydrogen-bond donors (Lipinski definition) is 3. The van der Waals surface area contributed by atoms with Crippen LogP contribution in [0.4, 0.5) is 5.69 Å². The Bertz CT molecular complexity index is 1400. The number of anilines is 1. The molecule has 13 nitrogen and oxygen atoms in total. The summed E-state index contributed by atoms with van der Waals surface area (Å²) in [6.45, 7) is 2.22. The molecule has 4 rings (SSSR count). The first kappa shape index (κ1) is 34.3. The molecule has 0 saturated carbocycles. The van der Waals surface area contributed by atoms with Gasteiger partial charge in [0, 0.05) is 37.1 Å². The zero-order valence-electron chi connectivity index (χ0n) is 25.2. The molecule has 0 saturated heterocycles. The fraction of sp³-hybridized carbons (Fsp3) is 0.484. The molecule has 1 aliphatic rings. The summed E-state index contributed by atoms with van der Waals surface area (Å²) in [5, 5.41) is 30.4. The fourth-order valence-corrected chi connectivity index (χ4v) is 5.32. The highest BCUT2D eigenvalue weighted by molar-refractivity contribution is 7.17. The van der Waals surface area contributed by atoms with Crippen LogP contribution in [0, 0.1) is 0 Å². The molecule has 3 N–H and O–H groups in total. The Kier molecular flexibility index (Phi) is 14.0. The van der Waals surface area contributed by atoms with Gasteiger partial charge in [-0.05, 0) is 30.9 Å². The van der Waals surface area contributed by atoms with Crippen molar-refractivity contribution in [1.82, 2.24) is 20.3 Å². The lowest BCUT2D eigenvalue weighted by molar-refractivity contribution is -0.122. The van der Waals surface area contributed by atoms with Crippen LogP contribution in [0.15, 0.2) is 48.5 Å². The lowest BCUT2D eigenvalue weighted by Crippen LogP contribution is -2.31. The van der Waals surface area contributed by atoms with Crippen LogP contribution in [0.1, 0.15) is 37.7 Å². The van der Waals surface area contributed by atoms with E-state index in [1.807, 2.05) is 53.2 Å². The molecule has 1 unspecified atom stereocenters. The molecule has 2 aromatic carbocycles. The molecule has 2 heterocycles. The van der Waals surface area contributed by atoms with Gasteiger partial charge in [0.1, 0.15) is 11.8 Å². The van der Waals surface area contributed by atoms with E-state index in [0.29, 0.717) is 64.2 Å². The first-order valence-electron chi connectivity index (χ1n) is 15.1. The first-order chi connectivity index (χ1) is 22.0. The standard InChI is InChI=1S/C31H40N5O8P/c37-16-19-42-18-15-36-31-25-9-2-1-8-23(25)20-35(27-11-4-3-10-26(27)30(31)33-34-36)29(40)13-6-5-12-28(39)32-14-7-17-43-21-24(38)22-44-45-41/h1-4,8-11,24,37-38H,5-7,12-22H2,(H,32,39). The highest BCUT2D eigenvalue weighted by Gasteiger charge is 2.28. The number of benzene rings is 2. The third kappa shape index (κ3) is 9.95. The maximum atomic E-state index is 13.7. The van der Waals surface area contributed by atoms with E-state index in [9.17, 15) is 19.3 Å². The Balaban J connectivity index is 1.33. The number of unbranched alkanes of at least 4 members (excludes halogenated alkanes) is 1. The number of amides is 2. The van der Waals surface area contributed by atoms with Crippen molar-refractivity contribution in [1.29, 1.82) is 0 Å². The van der Waals surface area contributed by atoms with Gasteiger partial charge in [0.05, 0.1) is 57.5 Å². The monoisotopic (exact) mass is 641 g/mol. The van der Waals surface area contributed by atoms with Gasteiger partial charge in [0.25, 0.3) is 0 Å². The van der Waals surface area contributed by atoms with Crippen molar-refractivity contribution >= 4 is 26.2 Å². The molecule has 1 aromatic heterocycles. The summed E-state index contributed by atoms with van der Waals surface area (Å²) in [6, 6.07) is 15.6. The highest BCUT2D eigenvalue weighted by Crippen LogP contribution is 2.41. The molecule has 14 heteroatoms. The molecule has 2 amide bonds. The number of hydrogen-bond acceptors (Lipinski definition) is 10. The van der Waals surface area contributed by atoms with Crippen molar-refractivity contribution in [2.24, 2.45) is 0 Å². The first-order valence-corrected chi connectivity index (χ1v) is 15.8. The van der Waals surface area contributed by atoms with Gasteiger partial charge < -0.3 is 29.9 Å². The van der Waals surface area contributed by atoms with Crippen molar-refractivity contribution < 1.29 is 38.4 Å². The van der Waals surface area contributed by atoms with Gasteiger partial charge >= 0.3 is 8.69 Å². The van der Waals surface area contributed by atoms with E-state index in [0.717, 1.165) is 28.1 Å². The molecule has 3 aromatic rings. The average molecular weight is 642 g/mol. The van der Waals surface area contributed by atoms with Crippen molar-refractivity contribution in [2.45, 2.75) is 51.3 Å². The number of nitrogens with zero attached hydrogens (tertiary/aromatic N) is 4. The minimum absolute atomic E-state index is 0.0366. The van der Waals surface area contributed by atoms with Gasteiger partial charge in [-0.3, -0.25) is 14.1 Å². The molecule has 0 fully saturated rings. The normalized spacial score (nSPS) is 13.0. The SMILES string of the molecule is O=POCC(O)COCCCNC(=O)CCCCC(=O)N1Cc2ccccc2-c2c(nnn2CCOCCO)-c2ccccc21. The molecule has 0 aliphatic carbocycles. The van der Waals surface area contributed by atoms with Crippen molar-refractivity contribution in [3.05, 3.63) is 54.1 Å². The van der Waals surface area contributed by atoms with E-state index in [1.165, 1.54) is 0 Å². The number of rotatable bonds is 19. The van der Waals surface area contributed by atoms with Gasteiger partial charge in [0.2, 0.25) is 11.8 Å². The van der Waals surface area contributed by atoms with Crippen molar-refractivity contribution in [3.8, 4) is 22.5 Å². The number of nitrogens with one attached hydrogen (secondary N) is 1. The van der Waals surface area contributed by atoms with Crippen LogP contribution in [0.25, 0.3) is 22.5 Å². The number of fused-ring (bicyclic) bond motifs is 5. The molecular weight excluding hydrogens is 601 g/mol. The lowest BCUT2D eigenvalue weighted by atomic mass is 9.95. The van der Waals surface area contributed by atoms with Crippen LogP contribution < -0.4 is 10.2 Å². The fourth-order valence-electron chi connectivity index (χ4n) is 5.08. The van der Waals surface area contributed by atoms with E-state index in [4.69, 9.17) is 14.6 Å². The average Bonchev–Trinajstić information content (AvgIpc) is 3.46. The molecule has 0 spiro atoms. The van der Waals surface area contributed by atoms with E-state index < -0.39 is 14.8 Å². The lowest BCUT2D eigenvalue weighted by Gasteiger charge is -2.28. The van der Waals surface area contributed by atoms with Gasteiger partial charge in [-0.1, -0.05) is 47.7 Å². The third-order valence-corrected chi connectivity index (χ3v) is 7.49. The second kappa shape index (κ2) is 18.4. The molecule has 242 valence electrons. The van der Waals surface area contributed by atoms with Crippen LogP contribution in [0.5, 0.6) is 0 Å². The summed E-state index contributed by atoms with van der Waals surface area (Å²) in [5.74, 6) is -0.126. The van der Waals surface area contributed by atoms with Gasteiger partial charge in [-0.25, -0.2) is 9.25 Å². The van der Waals surface area contributed by atoms with E-state index in [2.05, 4.69) is 20.2 Å². The maximum Gasteiger partial charge on any atom is 0.327 e. The molecular formula is C31H40N5O8P. The number of carbonyl (C=O) groups excluding carboxylic acids is 2. The Morgan fingerprint density at radius 3 is 2.56 bits per heavy atom. The van der Waals surface area contributed by atoms with E-state index >= 15 is 0 Å². The Morgan fingerprint density at radius 1 is 0.956 bits per heavy atom. The van der Waals surface area contributed by atoms with Crippen LogP contribution in [0.2, 0.25) is 0 Å². The second-order valence-electron chi connectivity index (χ2n) is 10.5. The van der Waals surface area contributed by atoms with Crippen LogP contribution in [0.3, 0.4) is 0 Å². The van der Waals surface area contributed by atoms with E-state index in [-0.39, 0.29) is 44.7 Å². The number of ether oxygens (including phenoxy) is 2. The van der Waals surface area contributed by atoms with Crippen molar-refractivity contribution in [3.63, 3.8) is 0 Å². The van der Waals surface area contributed by atoms with Crippen LogP contribution in [-0.2, 0) is 41.2 Å². The predicted octanol–water partition coefficient (Wildman–Crippen LogP) is 3.14. The summed E-state index contributed by atoms with van der Waals surface area (Å²) in [7, 11) is -0.484. The zero-order chi connectivity index (χ0) is 31.9. The molecule has 0 radical (unpaired) electrons. The minimum atomic E-state index is -0.854. The number of aliphatic hydroxyl groups excluding tert-OH is 2. The summed E-state index contributed by atoms with van der Waals surface area (Å²) in [4.78, 5) is 27.7. The third-order valence-electron chi connectivity index (χ3n) is 7.23. The number of carbonyl (C=O) groups is 2. The quantitative estimate of drug-likeness (QED) is 0.131. The Hall–Kier alpha value is -3.58. The van der Waals surface area contributed by atoms with Crippen molar-refractivity contribution in [2.75, 3.05) is 51.1 Å². The van der Waals surface area contributed by atoms with Gasteiger partial charge in [-0.15, -0.1) is 5.10 Å². The van der Waals surface area contributed by atoms with Gasteiger partial charge in [0.15, 0.2) is 0 Å². The molecule has 1 atom stereocenters. The number of aromatic nitrogens is 3. The number of para-hydroxylation sites is 1. The minimum Gasteiger partial charge on any atom is -0.394 e. The smallest absolute Gasteiger partial charge is 0.327 e. The van der Waals surface area contributed by atoms with E-state index in [1.54, 1.807) is 4.90 Å².